The molecule has 156 valence electrons. The first-order chi connectivity index (χ1) is 15.1. The highest BCUT2D eigenvalue weighted by Crippen LogP contribution is 2.39. The fourth-order valence-electron chi connectivity index (χ4n) is 4.20. The van der Waals surface area contributed by atoms with Crippen molar-refractivity contribution in [1.82, 2.24) is 19.9 Å². The van der Waals surface area contributed by atoms with Crippen LogP contribution in [0.2, 0.25) is 0 Å². The minimum absolute atomic E-state index is 0.0458. The molecule has 6 nitrogen and oxygen atoms in total. The zero-order chi connectivity index (χ0) is 21.4. The van der Waals surface area contributed by atoms with E-state index < -0.39 is 0 Å². The largest absolute Gasteiger partial charge is 0.338 e. The summed E-state index contributed by atoms with van der Waals surface area (Å²) in [5, 5.41) is 1.56. The van der Waals surface area contributed by atoms with Gasteiger partial charge in [-0.2, -0.15) is 0 Å². The Kier molecular flexibility index (Phi) is 5.11. The van der Waals surface area contributed by atoms with Crippen molar-refractivity contribution in [1.29, 1.82) is 0 Å². The molecular formula is C24H22N4O2S. The Morgan fingerprint density at radius 2 is 1.81 bits per heavy atom. The number of amides is 1. The van der Waals surface area contributed by atoms with Crippen LogP contribution in [0.5, 0.6) is 0 Å². The Balaban J connectivity index is 1.40. The zero-order valence-corrected chi connectivity index (χ0v) is 17.9. The number of aromatic nitrogens is 3. The monoisotopic (exact) mass is 430 g/mol. The maximum absolute atomic E-state index is 13.4. The standard InChI is InChI=1S/C24H22N4O2S/c1-28(14-21-25-18-11-5-4-10-17(18)22(29)27-21)24(30)16-9-3-2-8-15(16)23-26-19-12-6-7-13-20(19)31-23/h2-7,10-13,15-16H,8-9,14H2,1H3,(H,25,27,29)/t15-,16+/m0/s1. The number of hydrogen-bond donors (Lipinski definition) is 1. The number of allylic oxidation sites excluding steroid dienone is 2. The molecule has 0 spiro atoms. The Bertz CT molecular complexity index is 1320. The van der Waals surface area contributed by atoms with Crippen LogP contribution in [-0.2, 0) is 11.3 Å². The highest BCUT2D eigenvalue weighted by Gasteiger charge is 2.34. The molecule has 1 aliphatic carbocycles. The minimum Gasteiger partial charge on any atom is -0.338 e. The number of H-pyrrole nitrogens is 1. The lowest BCUT2D eigenvalue weighted by Crippen LogP contribution is -2.37. The normalized spacial score (nSPS) is 18.5. The van der Waals surface area contributed by atoms with Crippen molar-refractivity contribution in [3.05, 3.63) is 81.9 Å². The van der Waals surface area contributed by atoms with Crippen molar-refractivity contribution in [2.75, 3.05) is 7.05 Å². The second kappa shape index (κ2) is 8.07. The molecule has 0 saturated heterocycles. The van der Waals surface area contributed by atoms with Gasteiger partial charge in [0.2, 0.25) is 5.91 Å². The van der Waals surface area contributed by atoms with E-state index in [-0.39, 0.29) is 29.8 Å². The molecule has 4 aromatic rings. The quantitative estimate of drug-likeness (QED) is 0.491. The number of thiazole rings is 1. The van der Waals surface area contributed by atoms with Crippen LogP contribution in [0.4, 0.5) is 0 Å². The Labute approximate surface area is 183 Å². The number of rotatable bonds is 4. The number of hydrogen-bond acceptors (Lipinski definition) is 5. The van der Waals surface area contributed by atoms with Crippen LogP contribution in [0, 0.1) is 5.92 Å². The number of carbonyl (C=O) groups excluding carboxylic acids is 1. The number of para-hydroxylation sites is 2. The molecule has 0 fully saturated rings. The lowest BCUT2D eigenvalue weighted by molar-refractivity contribution is -0.135. The van der Waals surface area contributed by atoms with E-state index in [0.717, 1.165) is 21.6 Å². The maximum Gasteiger partial charge on any atom is 0.258 e. The number of aromatic amines is 1. The Hall–Kier alpha value is -3.32. The molecule has 31 heavy (non-hydrogen) atoms. The topological polar surface area (TPSA) is 79.0 Å². The molecule has 1 aliphatic rings. The van der Waals surface area contributed by atoms with Crippen molar-refractivity contribution in [3.63, 3.8) is 0 Å². The second-order valence-corrected chi connectivity index (χ2v) is 8.96. The van der Waals surface area contributed by atoms with Gasteiger partial charge in [0.1, 0.15) is 5.82 Å². The third kappa shape index (κ3) is 3.77. The molecule has 0 radical (unpaired) electrons. The van der Waals surface area contributed by atoms with Gasteiger partial charge in [0, 0.05) is 13.0 Å². The molecule has 2 atom stereocenters. The van der Waals surface area contributed by atoms with E-state index in [1.807, 2.05) is 36.4 Å². The lowest BCUT2D eigenvalue weighted by Gasteiger charge is -2.29. The minimum atomic E-state index is -0.186. The van der Waals surface area contributed by atoms with Crippen LogP contribution >= 0.6 is 11.3 Å². The summed E-state index contributed by atoms with van der Waals surface area (Å²) in [6.07, 6.45) is 5.71. The highest BCUT2D eigenvalue weighted by atomic mass is 32.1. The van der Waals surface area contributed by atoms with Gasteiger partial charge >= 0.3 is 0 Å². The van der Waals surface area contributed by atoms with Crippen molar-refractivity contribution in [2.24, 2.45) is 5.92 Å². The molecule has 2 aromatic carbocycles. The summed E-state index contributed by atoms with van der Waals surface area (Å²) in [5.74, 6) is 0.413. The first-order valence-corrected chi connectivity index (χ1v) is 11.1. The molecule has 0 bridgehead atoms. The average molecular weight is 431 g/mol. The molecule has 0 unspecified atom stereocenters. The van der Waals surface area contributed by atoms with Crippen molar-refractivity contribution < 1.29 is 4.79 Å². The van der Waals surface area contributed by atoms with Gasteiger partial charge in [-0.3, -0.25) is 9.59 Å². The van der Waals surface area contributed by atoms with E-state index in [2.05, 4.69) is 28.2 Å². The predicted octanol–water partition coefficient (Wildman–Crippen LogP) is 4.24. The molecular weight excluding hydrogens is 408 g/mol. The third-order valence-corrected chi connectivity index (χ3v) is 6.97. The van der Waals surface area contributed by atoms with Gasteiger partial charge in [-0.1, -0.05) is 36.4 Å². The van der Waals surface area contributed by atoms with Gasteiger partial charge in [-0.15, -0.1) is 11.3 Å². The van der Waals surface area contributed by atoms with Crippen LogP contribution in [0.25, 0.3) is 21.1 Å². The van der Waals surface area contributed by atoms with Gasteiger partial charge in [0.15, 0.2) is 0 Å². The molecule has 1 N–H and O–H groups in total. The molecule has 1 amide bonds. The van der Waals surface area contributed by atoms with Gasteiger partial charge in [0.25, 0.3) is 5.56 Å². The first-order valence-electron chi connectivity index (χ1n) is 10.3. The molecule has 0 aliphatic heterocycles. The van der Waals surface area contributed by atoms with Crippen molar-refractivity contribution in [3.8, 4) is 0 Å². The summed E-state index contributed by atoms with van der Waals surface area (Å²) in [7, 11) is 1.77. The van der Waals surface area contributed by atoms with Gasteiger partial charge in [0.05, 0.1) is 38.6 Å². The summed E-state index contributed by atoms with van der Waals surface area (Å²) < 4.78 is 1.14. The summed E-state index contributed by atoms with van der Waals surface area (Å²) in [4.78, 5) is 39.6. The van der Waals surface area contributed by atoms with E-state index in [9.17, 15) is 9.59 Å². The fourth-order valence-corrected chi connectivity index (χ4v) is 5.35. The Morgan fingerprint density at radius 1 is 1.06 bits per heavy atom. The number of carbonyl (C=O) groups is 1. The summed E-state index contributed by atoms with van der Waals surface area (Å²) >= 11 is 1.67. The van der Waals surface area contributed by atoms with Crippen LogP contribution < -0.4 is 5.56 Å². The number of nitrogens with zero attached hydrogens (tertiary/aromatic N) is 3. The molecule has 5 rings (SSSR count). The van der Waals surface area contributed by atoms with E-state index in [1.165, 1.54) is 0 Å². The van der Waals surface area contributed by atoms with E-state index >= 15 is 0 Å². The van der Waals surface area contributed by atoms with Gasteiger partial charge < -0.3 is 9.88 Å². The summed E-state index contributed by atoms with van der Waals surface area (Å²) in [6, 6.07) is 15.3. The molecule has 7 heteroatoms. The van der Waals surface area contributed by atoms with Crippen molar-refractivity contribution >= 4 is 38.4 Å². The van der Waals surface area contributed by atoms with Crippen molar-refractivity contribution in [2.45, 2.75) is 25.3 Å². The molecule has 2 aromatic heterocycles. The average Bonchev–Trinajstić information content (AvgIpc) is 3.23. The number of nitrogens with one attached hydrogen (secondary N) is 1. The Morgan fingerprint density at radius 3 is 2.65 bits per heavy atom. The lowest BCUT2D eigenvalue weighted by atomic mass is 9.82. The van der Waals surface area contributed by atoms with Crippen LogP contribution in [0.1, 0.15) is 29.6 Å². The summed E-state index contributed by atoms with van der Waals surface area (Å²) in [5.41, 5.74) is 1.43. The van der Waals surface area contributed by atoms with Crippen LogP contribution in [-0.4, -0.2) is 32.8 Å². The van der Waals surface area contributed by atoms with Gasteiger partial charge in [-0.05, 0) is 37.1 Å². The van der Waals surface area contributed by atoms with Crippen LogP contribution in [0.15, 0.2) is 65.5 Å². The van der Waals surface area contributed by atoms with E-state index in [4.69, 9.17) is 4.98 Å². The molecule has 0 saturated carbocycles. The summed E-state index contributed by atoms with van der Waals surface area (Å²) in [6.45, 7) is 0.256. The second-order valence-electron chi connectivity index (χ2n) is 7.90. The first kappa shape index (κ1) is 19.6. The van der Waals surface area contributed by atoms with Crippen LogP contribution in [0.3, 0.4) is 0 Å². The van der Waals surface area contributed by atoms with E-state index in [1.54, 1.807) is 29.4 Å². The predicted molar refractivity (Wildman–Crippen MR) is 123 cm³/mol. The van der Waals surface area contributed by atoms with E-state index in [0.29, 0.717) is 23.1 Å². The zero-order valence-electron chi connectivity index (χ0n) is 17.1. The van der Waals surface area contributed by atoms with Gasteiger partial charge in [-0.25, -0.2) is 9.97 Å². The fraction of sp³-hybridized carbons (Fsp3) is 0.250. The highest BCUT2D eigenvalue weighted by molar-refractivity contribution is 7.18. The molecule has 2 heterocycles. The smallest absolute Gasteiger partial charge is 0.258 e. The SMILES string of the molecule is CN(Cc1nc2ccccc2c(=O)[nH]1)C(=O)[C@@H]1CC=CC[C@@H]1c1nc2ccccc2s1. The maximum atomic E-state index is 13.4. The third-order valence-electron chi connectivity index (χ3n) is 5.80. The number of benzene rings is 2. The number of fused-ring (bicyclic) bond motifs is 2.